The average molecular weight is 593 g/mol. The zero-order chi connectivity index (χ0) is 27.1. The molecule has 5 heterocycles. The second-order valence-corrected chi connectivity index (χ2v) is 10.0. The van der Waals surface area contributed by atoms with E-state index in [1.807, 2.05) is 91.0 Å². The van der Waals surface area contributed by atoms with E-state index in [1.54, 1.807) is 0 Å². The fourth-order valence-electron chi connectivity index (χ4n) is 5.72. The first kappa shape index (κ1) is 24.4. The normalized spacial score (nSPS) is 11.7. The van der Waals surface area contributed by atoms with Crippen molar-refractivity contribution in [3.05, 3.63) is 91.0 Å². The van der Waals surface area contributed by atoms with Gasteiger partial charge in [0.1, 0.15) is 22.6 Å². The van der Waals surface area contributed by atoms with E-state index >= 15 is 0 Å². The number of H-pyrrole nitrogens is 2. The van der Waals surface area contributed by atoms with Gasteiger partial charge in [0.15, 0.2) is 23.3 Å². The molecule has 9 nitrogen and oxygen atoms in total. The van der Waals surface area contributed by atoms with Crippen LogP contribution in [0.4, 0.5) is 5.69 Å². The molecule has 7 aromatic rings. The van der Waals surface area contributed by atoms with Gasteiger partial charge in [0.05, 0.1) is 5.39 Å². The van der Waals surface area contributed by atoms with E-state index in [0.29, 0.717) is 51.6 Å². The molecule has 4 N–H and O–H groups in total. The molecule has 2 aliphatic heterocycles. The van der Waals surface area contributed by atoms with Gasteiger partial charge in [-0.3, -0.25) is 0 Å². The summed E-state index contributed by atoms with van der Waals surface area (Å²) in [7, 11) is 0. The monoisotopic (exact) mass is 592 g/mol. The Bertz CT molecular complexity index is 2400. The second kappa shape index (κ2) is 9.04. The van der Waals surface area contributed by atoms with E-state index in [-0.39, 0.29) is 17.1 Å². The van der Waals surface area contributed by atoms with Gasteiger partial charge in [-0.1, -0.05) is 84.9 Å². The van der Waals surface area contributed by atoms with E-state index in [4.69, 9.17) is 35.6 Å². The minimum absolute atomic E-state index is 0. The Labute approximate surface area is 248 Å². The quantitative estimate of drug-likeness (QED) is 0.136. The number of aromatic amines is 2. The van der Waals surface area contributed by atoms with Crippen LogP contribution in [0.1, 0.15) is 0 Å². The van der Waals surface area contributed by atoms with Gasteiger partial charge in [-0.25, -0.2) is 29.9 Å². The van der Waals surface area contributed by atoms with Gasteiger partial charge in [-0.05, 0) is 6.07 Å². The summed E-state index contributed by atoms with van der Waals surface area (Å²) in [6, 6.07) is 29.7. The van der Waals surface area contributed by atoms with Crippen LogP contribution in [0.15, 0.2) is 91.0 Å². The molecule has 0 atom stereocenters. The zero-order valence-electron chi connectivity index (χ0n) is 21.7. The number of benzene rings is 4. The first-order chi connectivity index (χ1) is 20.2. The number of nitrogen functional groups attached to an aromatic ring is 1. The van der Waals surface area contributed by atoms with Crippen molar-refractivity contribution in [1.29, 1.82) is 0 Å². The van der Waals surface area contributed by atoms with Crippen molar-refractivity contribution in [1.82, 2.24) is 39.9 Å². The Balaban J connectivity index is 0.00000267. The molecule has 0 amide bonds. The number of rotatable bonds is 0. The van der Waals surface area contributed by atoms with Crippen molar-refractivity contribution in [2.45, 2.75) is 0 Å². The third kappa shape index (κ3) is 3.49. The number of nitrogens with one attached hydrogen (secondary N) is 2. The predicted octanol–water partition coefficient (Wildman–Crippen LogP) is 6.45. The van der Waals surface area contributed by atoms with Crippen LogP contribution >= 0.6 is 0 Å². The molecular formula is C32H19CuN9. The summed E-state index contributed by atoms with van der Waals surface area (Å²) in [5, 5.41) is 3.51. The fourth-order valence-corrected chi connectivity index (χ4v) is 5.72. The van der Waals surface area contributed by atoms with Crippen LogP contribution in [0.25, 0.3) is 89.7 Å². The fraction of sp³-hybridized carbons (Fsp3) is 0. The van der Waals surface area contributed by atoms with Gasteiger partial charge in [0.2, 0.25) is 0 Å². The molecule has 203 valence electrons. The van der Waals surface area contributed by atoms with Crippen LogP contribution in [0.3, 0.4) is 0 Å². The second-order valence-electron chi connectivity index (χ2n) is 10.0. The molecule has 2 aliphatic rings. The Morgan fingerprint density at radius 3 is 1.29 bits per heavy atom. The van der Waals surface area contributed by atoms with E-state index in [1.165, 1.54) is 0 Å². The topological polar surface area (TPSA) is 135 Å². The summed E-state index contributed by atoms with van der Waals surface area (Å²) in [5.74, 6) is 2.25. The van der Waals surface area contributed by atoms with Crippen LogP contribution in [-0.4, -0.2) is 39.9 Å². The Hall–Kier alpha value is -5.44. The number of nitrogens with zero attached hydrogens (tertiary/aromatic N) is 6. The van der Waals surface area contributed by atoms with Crippen molar-refractivity contribution in [3.8, 4) is 45.6 Å². The Kier molecular flexibility index (Phi) is 5.24. The maximum Gasteiger partial charge on any atom is 0.164 e. The van der Waals surface area contributed by atoms with Gasteiger partial charge < -0.3 is 15.7 Å². The van der Waals surface area contributed by atoms with Crippen LogP contribution in [0.5, 0.6) is 0 Å². The third-order valence-corrected chi connectivity index (χ3v) is 7.61. The molecule has 0 spiro atoms. The van der Waals surface area contributed by atoms with Crippen molar-refractivity contribution >= 4 is 49.8 Å². The van der Waals surface area contributed by atoms with Crippen molar-refractivity contribution in [2.24, 2.45) is 0 Å². The Morgan fingerprint density at radius 2 is 0.786 bits per heavy atom. The number of hydrogen-bond donors (Lipinski definition) is 3. The molecule has 3 aromatic heterocycles. The zero-order valence-corrected chi connectivity index (χ0v) is 22.7. The number of fused-ring (bicyclic) bond motifs is 20. The first-order valence-corrected chi connectivity index (χ1v) is 13.2. The summed E-state index contributed by atoms with van der Waals surface area (Å²) >= 11 is 0. The summed E-state index contributed by atoms with van der Waals surface area (Å²) in [5.41, 5.74) is 13.2. The van der Waals surface area contributed by atoms with E-state index < -0.39 is 0 Å². The van der Waals surface area contributed by atoms with Crippen LogP contribution in [-0.2, 0) is 17.1 Å². The molecule has 1 radical (unpaired) electrons. The van der Waals surface area contributed by atoms with Crippen molar-refractivity contribution < 1.29 is 17.1 Å². The smallest absolute Gasteiger partial charge is 0.164 e. The SMILES string of the molecule is Nc1cccc2c3nc4nc(nc5[nH]c(nc6nc(nc([nH]3)c12)-c1ccccc1-6)c1ccccc51)-c1ccccc1-4.[Cu]. The predicted molar refractivity (Wildman–Crippen MR) is 160 cm³/mol. The molecular weight excluding hydrogens is 574 g/mol. The molecule has 9 rings (SSSR count). The minimum Gasteiger partial charge on any atom is -0.398 e. The molecule has 0 saturated heterocycles. The maximum atomic E-state index is 6.49. The molecule has 0 aliphatic carbocycles. The standard InChI is InChI=1S/C32H19N9.Cu/c33-23-15-7-14-22-24(23)32-40-30-21-13-6-5-12-20(21)28(38-30)36-26-17-9-2-1-8-16(17)25(34-26)35-27-18-10-3-4-11-19(18)29(37-27)39-31(22)41-32;/h1-15H,33H2,(H2,34,35,36,37,38,39,40,41);. The molecule has 0 unspecified atom stereocenters. The number of hydrogen-bond acceptors (Lipinski definition) is 7. The first-order valence-electron chi connectivity index (χ1n) is 13.2. The average Bonchev–Trinajstić information content (AvgIpc) is 3.73. The molecule has 8 bridgehead atoms. The summed E-state index contributed by atoms with van der Waals surface area (Å²) in [6.07, 6.45) is 0. The molecule has 42 heavy (non-hydrogen) atoms. The number of nitrogens with two attached hydrogens (primary N) is 1. The van der Waals surface area contributed by atoms with Crippen LogP contribution in [0.2, 0.25) is 0 Å². The van der Waals surface area contributed by atoms with Crippen LogP contribution < -0.4 is 5.73 Å². The van der Waals surface area contributed by atoms with Gasteiger partial charge in [0.25, 0.3) is 0 Å². The molecule has 0 fully saturated rings. The van der Waals surface area contributed by atoms with Crippen molar-refractivity contribution in [2.75, 3.05) is 5.73 Å². The molecule has 4 aromatic carbocycles. The summed E-state index contributed by atoms with van der Waals surface area (Å²) in [6.45, 7) is 0. The van der Waals surface area contributed by atoms with Crippen molar-refractivity contribution in [3.63, 3.8) is 0 Å². The van der Waals surface area contributed by atoms with Gasteiger partial charge in [0, 0.05) is 61.2 Å². The maximum absolute atomic E-state index is 6.49. The number of aromatic nitrogens is 8. The third-order valence-electron chi connectivity index (χ3n) is 7.61. The summed E-state index contributed by atoms with van der Waals surface area (Å²) in [4.78, 5) is 36.7. The van der Waals surface area contributed by atoms with Gasteiger partial charge >= 0.3 is 0 Å². The summed E-state index contributed by atoms with van der Waals surface area (Å²) < 4.78 is 0. The minimum atomic E-state index is 0. The van der Waals surface area contributed by atoms with E-state index in [2.05, 4.69) is 9.97 Å². The molecule has 10 heteroatoms. The van der Waals surface area contributed by atoms with Gasteiger partial charge in [-0.15, -0.1) is 0 Å². The largest absolute Gasteiger partial charge is 0.398 e. The Morgan fingerprint density at radius 1 is 0.405 bits per heavy atom. The van der Waals surface area contributed by atoms with E-state index in [9.17, 15) is 0 Å². The van der Waals surface area contributed by atoms with Crippen LogP contribution in [0, 0.1) is 0 Å². The van der Waals surface area contributed by atoms with Gasteiger partial charge in [-0.2, -0.15) is 0 Å². The number of anilines is 1. The molecule has 0 saturated carbocycles. The van der Waals surface area contributed by atoms with E-state index in [0.717, 1.165) is 43.8 Å².